The largest absolute Gasteiger partial charge is 0.457 e. The molecule has 1 unspecified atom stereocenters. The van der Waals surface area contributed by atoms with Crippen molar-refractivity contribution in [1.29, 1.82) is 0 Å². The SMILES string of the molecule is CCCc1cc(C(O)(C(F)(F)F)C(F)(F)F)ccc1Oc1cccc(CN2COC(C)(c3ccc(Cl)c(Cl)c3)NC2=O)c1. The number of amides is 2. The van der Waals surface area contributed by atoms with E-state index in [-0.39, 0.29) is 36.8 Å². The Hall–Kier alpha value is -3.19. The van der Waals surface area contributed by atoms with Gasteiger partial charge in [-0.1, -0.05) is 60.8 Å². The van der Waals surface area contributed by atoms with Gasteiger partial charge in [0.15, 0.2) is 5.72 Å². The van der Waals surface area contributed by atoms with Crippen LogP contribution in [0.1, 0.15) is 42.5 Å². The molecule has 0 aliphatic carbocycles. The molecule has 0 saturated carbocycles. The fourth-order valence-electron chi connectivity index (χ4n) is 4.56. The van der Waals surface area contributed by atoms with Gasteiger partial charge < -0.3 is 19.9 Å². The van der Waals surface area contributed by atoms with Gasteiger partial charge in [0.1, 0.15) is 18.2 Å². The first-order valence-corrected chi connectivity index (χ1v) is 13.7. The summed E-state index contributed by atoms with van der Waals surface area (Å²) in [5, 5.41) is 13.3. The molecule has 1 fully saturated rings. The third kappa shape index (κ3) is 6.67. The van der Waals surface area contributed by atoms with E-state index in [0.29, 0.717) is 39.7 Å². The van der Waals surface area contributed by atoms with Crippen LogP contribution in [0, 0.1) is 0 Å². The number of rotatable bonds is 8. The summed E-state index contributed by atoms with van der Waals surface area (Å²) < 4.78 is 92.3. The van der Waals surface area contributed by atoms with Crippen LogP contribution in [0.5, 0.6) is 11.5 Å². The number of nitrogens with one attached hydrogen (secondary N) is 1. The van der Waals surface area contributed by atoms with Crippen LogP contribution < -0.4 is 10.1 Å². The van der Waals surface area contributed by atoms with E-state index >= 15 is 0 Å². The Morgan fingerprint density at radius 2 is 1.70 bits per heavy atom. The monoisotopic (exact) mass is 650 g/mol. The van der Waals surface area contributed by atoms with Crippen LogP contribution in [0.15, 0.2) is 60.7 Å². The molecule has 0 radical (unpaired) electrons. The molecule has 0 bridgehead atoms. The number of nitrogens with zero attached hydrogens (tertiary/aromatic N) is 1. The van der Waals surface area contributed by atoms with Crippen molar-refractivity contribution < 1.29 is 45.7 Å². The molecule has 0 spiro atoms. The lowest BCUT2D eigenvalue weighted by Crippen LogP contribution is -2.57. The van der Waals surface area contributed by atoms with E-state index < -0.39 is 35.3 Å². The van der Waals surface area contributed by atoms with Crippen molar-refractivity contribution in [1.82, 2.24) is 10.2 Å². The fraction of sp³-hybridized carbons (Fsp3) is 0.345. The van der Waals surface area contributed by atoms with E-state index in [1.165, 1.54) is 4.90 Å². The van der Waals surface area contributed by atoms with Crippen LogP contribution in [-0.2, 0) is 29.0 Å². The van der Waals surface area contributed by atoms with Gasteiger partial charge in [-0.3, -0.25) is 4.90 Å². The average Bonchev–Trinajstić information content (AvgIpc) is 2.91. The zero-order valence-corrected chi connectivity index (χ0v) is 24.3. The number of hydrogen-bond acceptors (Lipinski definition) is 4. The standard InChI is InChI=1S/C29H26Cl2F6N2O4/c1-3-5-18-13-20(27(41,28(32,33)34)29(35,36)37)9-11-24(18)43-21-7-4-6-17(12-21)15-39-16-42-26(2,38-25(39)40)19-8-10-22(30)23(31)14-19/h4,6-14,41H,3,5,15-16H2,1-2H3,(H,38,40). The third-order valence-electron chi connectivity index (χ3n) is 6.93. The predicted octanol–water partition coefficient (Wildman–Crippen LogP) is 8.42. The van der Waals surface area contributed by atoms with Gasteiger partial charge >= 0.3 is 18.4 Å². The molecule has 43 heavy (non-hydrogen) atoms. The molecule has 1 heterocycles. The van der Waals surface area contributed by atoms with Crippen LogP contribution in [0.2, 0.25) is 10.0 Å². The Labute approximate surface area is 253 Å². The molecule has 1 aliphatic rings. The summed E-state index contributed by atoms with van der Waals surface area (Å²) in [5.74, 6) is 0.245. The first kappa shape index (κ1) is 32.7. The fourth-order valence-corrected chi connectivity index (χ4v) is 4.86. The second kappa shape index (κ2) is 12.1. The van der Waals surface area contributed by atoms with E-state index in [1.54, 1.807) is 56.3 Å². The molecule has 1 aliphatic heterocycles. The highest BCUT2D eigenvalue weighted by Crippen LogP contribution is 2.50. The highest BCUT2D eigenvalue weighted by atomic mass is 35.5. The molecule has 3 aromatic carbocycles. The summed E-state index contributed by atoms with van der Waals surface area (Å²) in [6.45, 7) is 3.36. The number of hydrogen-bond donors (Lipinski definition) is 2. The van der Waals surface area contributed by atoms with Crippen molar-refractivity contribution in [3.8, 4) is 11.5 Å². The van der Waals surface area contributed by atoms with Crippen LogP contribution in [-0.4, -0.2) is 35.1 Å². The maximum Gasteiger partial charge on any atom is 0.430 e. The molecule has 2 amide bonds. The van der Waals surface area contributed by atoms with Crippen molar-refractivity contribution in [3.05, 3.63) is 93.0 Å². The normalized spacial score (nSPS) is 18.0. The molecule has 14 heteroatoms. The van der Waals surface area contributed by atoms with E-state index in [9.17, 15) is 36.2 Å². The lowest BCUT2D eigenvalue weighted by Gasteiger charge is -2.40. The van der Waals surface area contributed by atoms with E-state index in [0.717, 1.165) is 6.07 Å². The maximum atomic E-state index is 13.4. The minimum Gasteiger partial charge on any atom is -0.457 e. The molecule has 0 aromatic heterocycles. The molecule has 1 saturated heterocycles. The number of halogens is 8. The zero-order chi connectivity index (χ0) is 31.8. The van der Waals surface area contributed by atoms with E-state index in [4.69, 9.17) is 32.7 Å². The minimum absolute atomic E-state index is 0.0193. The van der Waals surface area contributed by atoms with Crippen molar-refractivity contribution in [2.75, 3.05) is 6.73 Å². The van der Waals surface area contributed by atoms with Crippen LogP contribution in [0.3, 0.4) is 0 Å². The molecule has 1 atom stereocenters. The van der Waals surface area contributed by atoms with Crippen LogP contribution >= 0.6 is 23.2 Å². The summed E-state index contributed by atoms with van der Waals surface area (Å²) >= 11 is 12.1. The number of alkyl halides is 6. The smallest absolute Gasteiger partial charge is 0.430 e. The first-order valence-electron chi connectivity index (χ1n) is 12.9. The number of ether oxygens (including phenoxy) is 2. The zero-order valence-electron chi connectivity index (χ0n) is 22.7. The summed E-state index contributed by atoms with van der Waals surface area (Å²) in [6.07, 6.45) is -11.6. The van der Waals surface area contributed by atoms with Gasteiger partial charge in [-0.2, -0.15) is 26.3 Å². The second-order valence-electron chi connectivity index (χ2n) is 10.1. The Morgan fingerprint density at radius 3 is 2.30 bits per heavy atom. The number of carbonyl (C=O) groups excluding carboxylic acids is 1. The number of carbonyl (C=O) groups is 1. The maximum absolute atomic E-state index is 13.4. The number of benzene rings is 3. The van der Waals surface area contributed by atoms with E-state index in [2.05, 4.69) is 5.32 Å². The molecule has 2 N–H and O–H groups in total. The van der Waals surface area contributed by atoms with Gasteiger partial charge in [0, 0.05) is 17.7 Å². The Bertz CT molecular complexity index is 1490. The van der Waals surface area contributed by atoms with Crippen molar-refractivity contribution >= 4 is 29.2 Å². The first-order chi connectivity index (χ1) is 20.0. The number of aliphatic hydroxyl groups is 1. The Kier molecular flexibility index (Phi) is 9.18. The summed E-state index contributed by atoms with van der Waals surface area (Å²) in [5.41, 5.74) is -6.34. The predicted molar refractivity (Wildman–Crippen MR) is 147 cm³/mol. The molecule has 3 aromatic rings. The highest BCUT2D eigenvalue weighted by Gasteiger charge is 2.71. The van der Waals surface area contributed by atoms with Gasteiger partial charge in [0.05, 0.1) is 10.0 Å². The molecule has 4 rings (SSSR count). The Balaban J connectivity index is 1.52. The molecular formula is C29H26Cl2F6N2O4. The van der Waals surface area contributed by atoms with Gasteiger partial charge in [0.2, 0.25) is 0 Å². The van der Waals surface area contributed by atoms with Crippen molar-refractivity contribution in [2.45, 2.75) is 56.9 Å². The molecule has 232 valence electrons. The van der Waals surface area contributed by atoms with Gasteiger partial charge in [-0.15, -0.1) is 0 Å². The molecule has 6 nitrogen and oxygen atoms in total. The topological polar surface area (TPSA) is 71.0 Å². The lowest BCUT2D eigenvalue weighted by molar-refractivity contribution is -0.376. The lowest BCUT2D eigenvalue weighted by atomic mass is 9.90. The number of urea groups is 1. The van der Waals surface area contributed by atoms with Crippen molar-refractivity contribution in [2.24, 2.45) is 0 Å². The van der Waals surface area contributed by atoms with Crippen LogP contribution in [0.25, 0.3) is 0 Å². The second-order valence-corrected chi connectivity index (χ2v) is 10.9. The Morgan fingerprint density at radius 1 is 1.00 bits per heavy atom. The average molecular weight is 651 g/mol. The third-order valence-corrected chi connectivity index (χ3v) is 7.67. The summed E-state index contributed by atoms with van der Waals surface area (Å²) in [4.78, 5) is 14.3. The minimum atomic E-state index is -6.00. The van der Waals surface area contributed by atoms with Gasteiger partial charge in [0.25, 0.3) is 5.60 Å². The van der Waals surface area contributed by atoms with Crippen LogP contribution in [0.4, 0.5) is 31.1 Å². The highest BCUT2D eigenvalue weighted by molar-refractivity contribution is 6.42. The van der Waals surface area contributed by atoms with Gasteiger partial charge in [-0.25, -0.2) is 4.79 Å². The molecular weight excluding hydrogens is 625 g/mol. The quantitative estimate of drug-likeness (QED) is 0.240. The van der Waals surface area contributed by atoms with E-state index in [1.807, 2.05) is 0 Å². The summed E-state index contributed by atoms with van der Waals surface area (Å²) in [6, 6.07) is 13.0. The van der Waals surface area contributed by atoms with Gasteiger partial charge in [-0.05, 0) is 60.9 Å². The summed E-state index contributed by atoms with van der Waals surface area (Å²) in [7, 11) is 0. The number of aryl methyl sites for hydroxylation is 1. The van der Waals surface area contributed by atoms with Crippen molar-refractivity contribution in [3.63, 3.8) is 0 Å².